The summed E-state index contributed by atoms with van der Waals surface area (Å²) in [5.74, 6) is -1.98. The highest BCUT2D eigenvalue weighted by Crippen LogP contribution is 2.29. The largest absolute Gasteiger partial charge is 0.416 e. The Hall–Kier alpha value is -1.95. The van der Waals surface area contributed by atoms with Crippen molar-refractivity contribution in [1.29, 1.82) is 0 Å². The molecule has 0 bridgehead atoms. The number of halogens is 5. The molecule has 21 heavy (non-hydrogen) atoms. The lowest BCUT2D eigenvalue weighted by molar-refractivity contribution is -0.137. The number of hydrogen-bond donors (Lipinski definition) is 1. The molecule has 0 saturated heterocycles. The Morgan fingerprint density at radius 1 is 0.905 bits per heavy atom. The summed E-state index contributed by atoms with van der Waals surface area (Å²) < 4.78 is 63.2. The van der Waals surface area contributed by atoms with Gasteiger partial charge in [-0.25, -0.2) is 8.78 Å². The second kappa shape index (κ2) is 5.81. The van der Waals surface area contributed by atoms with Gasteiger partial charge in [-0.15, -0.1) is 0 Å². The Balaban J connectivity index is 2.12. The highest BCUT2D eigenvalue weighted by atomic mass is 19.4. The maximum Gasteiger partial charge on any atom is 0.416 e. The molecule has 0 aliphatic carbocycles. The third kappa shape index (κ3) is 3.78. The maximum atomic E-state index is 13.1. The first-order chi connectivity index (χ1) is 9.77. The molecule has 0 spiro atoms. The molecule has 0 heterocycles. The Morgan fingerprint density at radius 2 is 1.52 bits per heavy atom. The minimum atomic E-state index is -4.39. The van der Waals surface area contributed by atoms with Crippen LogP contribution in [0, 0.1) is 11.6 Å². The van der Waals surface area contributed by atoms with Crippen LogP contribution in [-0.2, 0) is 12.6 Å². The predicted octanol–water partition coefficient (Wildman–Crippen LogP) is 4.23. The summed E-state index contributed by atoms with van der Waals surface area (Å²) in [7, 11) is 0. The van der Waals surface area contributed by atoms with Gasteiger partial charge in [0, 0.05) is 6.04 Å². The van der Waals surface area contributed by atoms with Gasteiger partial charge in [-0.1, -0.05) is 18.2 Å². The van der Waals surface area contributed by atoms with E-state index >= 15 is 0 Å². The summed E-state index contributed by atoms with van der Waals surface area (Å²) >= 11 is 0. The average molecular weight is 301 g/mol. The highest BCUT2D eigenvalue weighted by molar-refractivity contribution is 5.28. The minimum absolute atomic E-state index is 0.225. The molecule has 2 N–H and O–H groups in total. The molecule has 0 saturated carbocycles. The van der Waals surface area contributed by atoms with Crippen LogP contribution in [0.4, 0.5) is 22.0 Å². The topological polar surface area (TPSA) is 26.0 Å². The summed E-state index contributed by atoms with van der Waals surface area (Å²) in [6.45, 7) is 0. The SMILES string of the molecule is NC(Cc1ccc(C(F)(F)F)cc1)c1ccc(F)c(F)c1. The normalized spacial score (nSPS) is 13.2. The number of rotatable bonds is 3. The van der Waals surface area contributed by atoms with E-state index in [1.807, 2.05) is 0 Å². The first kappa shape index (κ1) is 15.4. The van der Waals surface area contributed by atoms with Gasteiger partial charge in [0.25, 0.3) is 0 Å². The van der Waals surface area contributed by atoms with E-state index in [1.165, 1.54) is 18.2 Å². The zero-order chi connectivity index (χ0) is 15.6. The van der Waals surface area contributed by atoms with Crippen LogP contribution in [0.1, 0.15) is 22.7 Å². The van der Waals surface area contributed by atoms with Gasteiger partial charge in [0.2, 0.25) is 0 Å². The number of nitrogens with two attached hydrogens (primary N) is 1. The standard InChI is InChI=1S/C15H12F5N/c16-12-6-3-10(8-13(12)17)14(21)7-9-1-4-11(5-2-9)15(18,19)20/h1-6,8,14H,7,21H2. The van der Waals surface area contributed by atoms with Crippen molar-refractivity contribution < 1.29 is 22.0 Å². The molecule has 0 aromatic heterocycles. The van der Waals surface area contributed by atoms with Crippen molar-refractivity contribution in [3.63, 3.8) is 0 Å². The van der Waals surface area contributed by atoms with Crippen LogP contribution in [0.2, 0.25) is 0 Å². The summed E-state index contributed by atoms with van der Waals surface area (Å²) in [4.78, 5) is 0. The zero-order valence-corrected chi connectivity index (χ0v) is 10.8. The van der Waals surface area contributed by atoms with E-state index in [-0.39, 0.29) is 6.42 Å². The van der Waals surface area contributed by atoms with Gasteiger partial charge >= 0.3 is 6.18 Å². The molecular weight excluding hydrogens is 289 g/mol. The van der Waals surface area contributed by atoms with Crippen LogP contribution in [-0.4, -0.2) is 0 Å². The van der Waals surface area contributed by atoms with Gasteiger partial charge < -0.3 is 5.73 Å². The van der Waals surface area contributed by atoms with Crippen molar-refractivity contribution in [3.8, 4) is 0 Å². The summed E-state index contributed by atoms with van der Waals surface area (Å²) in [5, 5.41) is 0. The van der Waals surface area contributed by atoms with Crippen molar-refractivity contribution in [1.82, 2.24) is 0 Å². The number of alkyl halides is 3. The first-order valence-electron chi connectivity index (χ1n) is 6.14. The molecule has 0 amide bonds. The van der Waals surface area contributed by atoms with Gasteiger partial charge in [0.1, 0.15) is 0 Å². The molecule has 1 unspecified atom stereocenters. The van der Waals surface area contributed by atoms with E-state index in [4.69, 9.17) is 5.73 Å². The Labute approximate surface area is 118 Å². The summed E-state index contributed by atoms with van der Waals surface area (Å²) in [5.41, 5.74) is 6.08. The summed E-state index contributed by atoms with van der Waals surface area (Å²) in [6.07, 6.45) is -4.16. The van der Waals surface area contributed by atoms with E-state index < -0.39 is 29.4 Å². The monoisotopic (exact) mass is 301 g/mol. The van der Waals surface area contributed by atoms with Crippen LogP contribution in [0.15, 0.2) is 42.5 Å². The van der Waals surface area contributed by atoms with E-state index in [9.17, 15) is 22.0 Å². The van der Waals surface area contributed by atoms with Gasteiger partial charge in [-0.3, -0.25) is 0 Å². The Bertz CT molecular complexity index is 619. The molecule has 0 fully saturated rings. The lowest BCUT2D eigenvalue weighted by Gasteiger charge is -2.13. The lowest BCUT2D eigenvalue weighted by Crippen LogP contribution is -2.14. The predicted molar refractivity (Wildman–Crippen MR) is 68.4 cm³/mol. The van der Waals surface area contributed by atoms with Crippen molar-refractivity contribution in [2.75, 3.05) is 0 Å². The molecular formula is C15H12F5N. The number of benzene rings is 2. The second-order valence-electron chi connectivity index (χ2n) is 4.68. The minimum Gasteiger partial charge on any atom is -0.324 e. The third-order valence-corrected chi connectivity index (χ3v) is 3.11. The molecule has 2 aromatic rings. The molecule has 0 aliphatic heterocycles. The molecule has 0 aliphatic rings. The molecule has 2 rings (SSSR count). The lowest BCUT2D eigenvalue weighted by atomic mass is 9.99. The first-order valence-corrected chi connectivity index (χ1v) is 6.14. The smallest absolute Gasteiger partial charge is 0.324 e. The Morgan fingerprint density at radius 3 is 2.05 bits per heavy atom. The van der Waals surface area contributed by atoms with Crippen molar-refractivity contribution in [2.45, 2.75) is 18.6 Å². The highest BCUT2D eigenvalue weighted by Gasteiger charge is 2.29. The Kier molecular flexibility index (Phi) is 4.27. The van der Waals surface area contributed by atoms with Crippen LogP contribution in [0.5, 0.6) is 0 Å². The zero-order valence-electron chi connectivity index (χ0n) is 10.8. The molecule has 0 radical (unpaired) electrons. The molecule has 6 heteroatoms. The van der Waals surface area contributed by atoms with E-state index in [0.717, 1.165) is 24.3 Å². The quantitative estimate of drug-likeness (QED) is 0.844. The van der Waals surface area contributed by atoms with Crippen LogP contribution in [0.25, 0.3) is 0 Å². The van der Waals surface area contributed by atoms with E-state index in [0.29, 0.717) is 11.1 Å². The van der Waals surface area contributed by atoms with Crippen molar-refractivity contribution in [3.05, 3.63) is 70.8 Å². The fourth-order valence-electron chi connectivity index (χ4n) is 1.94. The van der Waals surface area contributed by atoms with Gasteiger partial charge in [-0.05, 0) is 41.8 Å². The van der Waals surface area contributed by atoms with Crippen LogP contribution < -0.4 is 5.73 Å². The average Bonchev–Trinajstić information content (AvgIpc) is 2.41. The van der Waals surface area contributed by atoms with Gasteiger partial charge in [0.15, 0.2) is 11.6 Å². The second-order valence-corrected chi connectivity index (χ2v) is 4.68. The third-order valence-electron chi connectivity index (χ3n) is 3.11. The van der Waals surface area contributed by atoms with Crippen molar-refractivity contribution >= 4 is 0 Å². The van der Waals surface area contributed by atoms with Crippen LogP contribution in [0.3, 0.4) is 0 Å². The molecule has 112 valence electrons. The van der Waals surface area contributed by atoms with Gasteiger partial charge in [-0.2, -0.15) is 13.2 Å². The van der Waals surface area contributed by atoms with Crippen molar-refractivity contribution in [2.24, 2.45) is 5.73 Å². The molecule has 1 atom stereocenters. The fraction of sp³-hybridized carbons (Fsp3) is 0.200. The fourth-order valence-corrected chi connectivity index (χ4v) is 1.94. The molecule has 2 aromatic carbocycles. The van der Waals surface area contributed by atoms with Crippen LogP contribution >= 0.6 is 0 Å². The number of hydrogen-bond acceptors (Lipinski definition) is 1. The summed E-state index contributed by atoms with van der Waals surface area (Å²) in [6, 6.07) is 7.26. The molecule has 1 nitrogen and oxygen atoms in total. The maximum absolute atomic E-state index is 13.1. The van der Waals surface area contributed by atoms with E-state index in [2.05, 4.69) is 0 Å². The van der Waals surface area contributed by atoms with E-state index in [1.54, 1.807) is 0 Å². The van der Waals surface area contributed by atoms with Gasteiger partial charge in [0.05, 0.1) is 5.56 Å².